The summed E-state index contributed by atoms with van der Waals surface area (Å²) in [6, 6.07) is 21.5. The predicted molar refractivity (Wildman–Crippen MR) is 118 cm³/mol. The Hall–Kier alpha value is -3.38. The van der Waals surface area contributed by atoms with Crippen LogP contribution in [0.15, 0.2) is 66.7 Å². The van der Waals surface area contributed by atoms with Crippen LogP contribution >= 0.6 is 0 Å². The molecule has 2 amide bonds. The lowest BCUT2D eigenvalue weighted by Crippen LogP contribution is -2.42. The Morgan fingerprint density at radius 2 is 1.57 bits per heavy atom. The van der Waals surface area contributed by atoms with E-state index in [1.54, 1.807) is 7.11 Å². The van der Waals surface area contributed by atoms with E-state index in [0.717, 1.165) is 27.6 Å². The molecule has 0 bridgehead atoms. The number of nitrogens with one attached hydrogen (secondary N) is 2. The molecule has 0 fully saturated rings. The van der Waals surface area contributed by atoms with Crippen molar-refractivity contribution in [2.45, 2.75) is 12.6 Å². The van der Waals surface area contributed by atoms with Gasteiger partial charge in [-0.1, -0.05) is 54.6 Å². The van der Waals surface area contributed by atoms with Gasteiger partial charge in [-0.25, -0.2) is 0 Å². The number of carbonyl (C=O) groups excluding carboxylic acids is 2. The fourth-order valence-corrected chi connectivity index (χ4v) is 3.39. The highest BCUT2D eigenvalue weighted by Crippen LogP contribution is 2.26. The van der Waals surface area contributed by atoms with Gasteiger partial charge in [0, 0.05) is 13.1 Å². The van der Waals surface area contributed by atoms with Crippen LogP contribution in [0.1, 0.15) is 17.2 Å². The largest absolute Gasteiger partial charge is 0.497 e. The van der Waals surface area contributed by atoms with E-state index in [9.17, 15) is 9.59 Å². The van der Waals surface area contributed by atoms with Gasteiger partial charge < -0.3 is 20.3 Å². The van der Waals surface area contributed by atoms with E-state index in [4.69, 9.17) is 4.74 Å². The lowest BCUT2D eigenvalue weighted by molar-refractivity contribution is -0.139. The lowest BCUT2D eigenvalue weighted by Gasteiger charge is -2.26. The SMILES string of the molecule is COc1ccc(CNC(=O)C(=O)NC[C@@H](c2cccc3ccccc23)N(C)C)cc1. The number of hydrogen-bond donors (Lipinski definition) is 2. The fourth-order valence-electron chi connectivity index (χ4n) is 3.39. The zero-order chi connectivity index (χ0) is 21.5. The standard InChI is InChI=1S/C24H27N3O3/c1-27(2)22(21-10-6-8-18-7-4-5-9-20(18)21)16-26-24(29)23(28)25-15-17-11-13-19(30-3)14-12-17/h4-14,22H,15-16H2,1-3H3,(H,25,28)(H,26,29)/t22-/m0/s1. The van der Waals surface area contributed by atoms with Crippen LogP contribution in [0.3, 0.4) is 0 Å². The molecule has 0 aliphatic rings. The van der Waals surface area contributed by atoms with Gasteiger partial charge in [0.15, 0.2) is 0 Å². The van der Waals surface area contributed by atoms with Crippen LogP contribution in [0.4, 0.5) is 0 Å². The second-order valence-corrected chi connectivity index (χ2v) is 7.29. The Bertz CT molecular complexity index is 1010. The summed E-state index contributed by atoms with van der Waals surface area (Å²) in [5, 5.41) is 7.70. The average Bonchev–Trinajstić information content (AvgIpc) is 2.77. The van der Waals surface area contributed by atoms with Crippen molar-refractivity contribution in [1.82, 2.24) is 15.5 Å². The maximum atomic E-state index is 12.3. The molecule has 30 heavy (non-hydrogen) atoms. The van der Waals surface area contributed by atoms with Gasteiger partial charge in [0.05, 0.1) is 13.2 Å². The van der Waals surface area contributed by atoms with Crippen LogP contribution in [0, 0.1) is 0 Å². The number of nitrogens with zero attached hydrogens (tertiary/aromatic N) is 1. The summed E-state index contributed by atoms with van der Waals surface area (Å²) in [5.74, 6) is -0.553. The molecule has 3 aromatic rings. The monoisotopic (exact) mass is 405 g/mol. The van der Waals surface area contributed by atoms with Crippen LogP contribution in [0.5, 0.6) is 5.75 Å². The minimum Gasteiger partial charge on any atom is -0.497 e. The fraction of sp³-hybridized carbons (Fsp3) is 0.250. The van der Waals surface area contributed by atoms with E-state index < -0.39 is 11.8 Å². The number of likely N-dealkylation sites (N-methyl/N-ethyl adjacent to an activating group) is 1. The smallest absolute Gasteiger partial charge is 0.309 e. The molecule has 6 nitrogen and oxygen atoms in total. The number of carbonyl (C=O) groups is 2. The summed E-state index contributed by atoms with van der Waals surface area (Å²) >= 11 is 0. The van der Waals surface area contributed by atoms with E-state index in [-0.39, 0.29) is 12.6 Å². The molecule has 0 unspecified atom stereocenters. The first-order valence-electron chi connectivity index (χ1n) is 9.82. The Morgan fingerprint density at radius 1 is 0.900 bits per heavy atom. The third-order valence-corrected chi connectivity index (χ3v) is 5.08. The van der Waals surface area contributed by atoms with Gasteiger partial charge in [-0.15, -0.1) is 0 Å². The van der Waals surface area contributed by atoms with Gasteiger partial charge in [-0.05, 0) is 48.1 Å². The minimum absolute atomic E-state index is 0.0607. The van der Waals surface area contributed by atoms with Crippen LogP contribution in [-0.2, 0) is 16.1 Å². The van der Waals surface area contributed by atoms with Crippen LogP contribution in [0.2, 0.25) is 0 Å². The number of amides is 2. The molecule has 0 spiro atoms. The van der Waals surface area contributed by atoms with Crippen molar-refractivity contribution < 1.29 is 14.3 Å². The van der Waals surface area contributed by atoms with Crippen LogP contribution in [-0.4, -0.2) is 44.5 Å². The topological polar surface area (TPSA) is 70.7 Å². The van der Waals surface area contributed by atoms with E-state index in [0.29, 0.717) is 6.54 Å². The zero-order valence-corrected chi connectivity index (χ0v) is 17.5. The van der Waals surface area contributed by atoms with E-state index in [2.05, 4.69) is 34.9 Å². The summed E-state index contributed by atoms with van der Waals surface area (Å²) in [5.41, 5.74) is 2.00. The normalized spacial score (nSPS) is 11.9. The summed E-state index contributed by atoms with van der Waals surface area (Å²) in [6.07, 6.45) is 0. The van der Waals surface area contributed by atoms with Crippen molar-refractivity contribution in [3.8, 4) is 5.75 Å². The lowest BCUT2D eigenvalue weighted by atomic mass is 9.98. The summed E-state index contributed by atoms with van der Waals surface area (Å²) in [6.45, 7) is 0.604. The van der Waals surface area contributed by atoms with Gasteiger partial charge in [-0.2, -0.15) is 0 Å². The van der Waals surface area contributed by atoms with Gasteiger partial charge in [-0.3, -0.25) is 9.59 Å². The van der Waals surface area contributed by atoms with Gasteiger partial charge >= 0.3 is 11.8 Å². The van der Waals surface area contributed by atoms with Crippen molar-refractivity contribution in [3.63, 3.8) is 0 Å². The molecule has 156 valence electrons. The first-order valence-corrected chi connectivity index (χ1v) is 9.82. The molecule has 0 aliphatic heterocycles. The molecule has 0 saturated carbocycles. The van der Waals surface area contributed by atoms with Crippen LogP contribution in [0.25, 0.3) is 10.8 Å². The Labute approximate surface area is 176 Å². The Kier molecular flexibility index (Phi) is 7.03. The molecular formula is C24H27N3O3. The van der Waals surface area contributed by atoms with Crippen LogP contribution < -0.4 is 15.4 Å². The maximum absolute atomic E-state index is 12.3. The third-order valence-electron chi connectivity index (χ3n) is 5.08. The number of fused-ring (bicyclic) bond motifs is 1. The van der Waals surface area contributed by atoms with E-state index in [1.165, 1.54) is 0 Å². The second kappa shape index (κ2) is 9.89. The predicted octanol–water partition coefficient (Wildman–Crippen LogP) is 2.88. The highest BCUT2D eigenvalue weighted by atomic mass is 16.5. The van der Waals surface area contributed by atoms with Gasteiger partial charge in [0.25, 0.3) is 0 Å². The van der Waals surface area contributed by atoms with Crippen molar-refractivity contribution in [2.24, 2.45) is 0 Å². The first-order chi connectivity index (χ1) is 14.5. The van der Waals surface area contributed by atoms with E-state index >= 15 is 0 Å². The Balaban J connectivity index is 1.61. The number of ether oxygens (including phenoxy) is 1. The molecule has 0 radical (unpaired) electrons. The molecule has 6 heteroatoms. The molecule has 0 heterocycles. The van der Waals surface area contributed by atoms with Gasteiger partial charge in [0.1, 0.15) is 5.75 Å². The molecule has 3 rings (SSSR count). The maximum Gasteiger partial charge on any atom is 0.309 e. The highest BCUT2D eigenvalue weighted by Gasteiger charge is 2.20. The van der Waals surface area contributed by atoms with Crippen molar-refractivity contribution >= 4 is 22.6 Å². The molecular weight excluding hydrogens is 378 g/mol. The highest BCUT2D eigenvalue weighted by molar-refractivity contribution is 6.35. The minimum atomic E-state index is -0.652. The summed E-state index contributed by atoms with van der Waals surface area (Å²) in [4.78, 5) is 26.6. The number of methoxy groups -OCH3 is 1. The average molecular weight is 405 g/mol. The number of benzene rings is 3. The molecule has 0 aliphatic carbocycles. The quantitative estimate of drug-likeness (QED) is 0.593. The molecule has 3 aromatic carbocycles. The third kappa shape index (κ3) is 5.15. The van der Waals surface area contributed by atoms with Crippen molar-refractivity contribution in [1.29, 1.82) is 0 Å². The number of rotatable bonds is 7. The zero-order valence-electron chi connectivity index (χ0n) is 17.5. The Morgan fingerprint density at radius 3 is 2.27 bits per heavy atom. The molecule has 1 atom stereocenters. The number of hydrogen-bond acceptors (Lipinski definition) is 4. The van der Waals surface area contributed by atoms with Gasteiger partial charge in [0.2, 0.25) is 0 Å². The molecule has 0 saturated heterocycles. The summed E-state index contributed by atoms with van der Waals surface area (Å²) < 4.78 is 5.11. The summed E-state index contributed by atoms with van der Waals surface area (Å²) in [7, 11) is 5.52. The first kappa shape index (κ1) is 21.3. The van der Waals surface area contributed by atoms with E-state index in [1.807, 2.05) is 61.5 Å². The molecule has 0 aromatic heterocycles. The van der Waals surface area contributed by atoms with Crippen molar-refractivity contribution in [2.75, 3.05) is 27.7 Å². The second-order valence-electron chi connectivity index (χ2n) is 7.29. The molecule has 2 N–H and O–H groups in total. The van der Waals surface area contributed by atoms with Crippen molar-refractivity contribution in [3.05, 3.63) is 77.9 Å².